The van der Waals surface area contributed by atoms with Gasteiger partial charge in [0.15, 0.2) is 0 Å². The third kappa shape index (κ3) is 4.22. The van der Waals surface area contributed by atoms with Crippen molar-refractivity contribution >= 4 is 17.7 Å². The molecule has 140 valence electrons. The van der Waals surface area contributed by atoms with Crippen LogP contribution in [0.4, 0.5) is 13.2 Å². The van der Waals surface area contributed by atoms with Gasteiger partial charge in [0, 0.05) is 6.54 Å². The summed E-state index contributed by atoms with van der Waals surface area (Å²) in [7, 11) is 0. The van der Waals surface area contributed by atoms with E-state index in [1.165, 1.54) is 6.08 Å². The van der Waals surface area contributed by atoms with Gasteiger partial charge in [0.2, 0.25) is 17.7 Å². The van der Waals surface area contributed by atoms with Gasteiger partial charge in [0.25, 0.3) is 0 Å². The summed E-state index contributed by atoms with van der Waals surface area (Å²) in [6.45, 7) is 2.60. The number of fused-ring (bicyclic) bond motifs is 1. The summed E-state index contributed by atoms with van der Waals surface area (Å²) in [4.78, 5) is 37.4. The molecule has 2 rings (SSSR count). The Bertz CT molecular complexity index is 574. The van der Waals surface area contributed by atoms with Crippen LogP contribution in [-0.2, 0) is 14.4 Å². The molecule has 0 radical (unpaired) electrons. The normalized spacial score (nSPS) is 29.1. The zero-order valence-corrected chi connectivity index (χ0v) is 14.3. The number of halogens is 3. The SMILES string of the molecule is CCCCCNC(=O)C1C(C)C=CC2C(=O)N(CC(F)(F)F)C(=O)C21. The molecule has 5 nitrogen and oxygen atoms in total. The first kappa shape index (κ1) is 19.5. The Kier molecular flexibility index (Phi) is 5.90. The third-order valence-corrected chi connectivity index (χ3v) is 4.78. The van der Waals surface area contributed by atoms with Gasteiger partial charge in [-0.1, -0.05) is 38.8 Å². The lowest BCUT2D eigenvalue weighted by atomic mass is 9.71. The van der Waals surface area contributed by atoms with E-state index in [1.54, 1.807) is 13.0 Å². The number of amides is 3. The molecule has 0 aromatic rings. The van der Waals surface area contributed by atoms with E-state index in [4.69, 9.17) is 0 Å². The maximum Gasteiger partial charge on any atom is 0.406 e. The smallest absolute Gasteiger partial charge is 0.356 e. The first-order valence-corrected chi connectivity index (χ1v) is 8.55. The number of unbranched alkanes of at least 4 members (excludes halogenated alkanes) is 2. The van der Waals surface area contributed by atoms with E-state index in [0.29, 0.717) is 6.54 Å². The predicted octanol–water partition coefficient (Wildman–Crippen LogP) is 2.28. The van der Waals surface area contributed by atoms with Gasteiger partial charge in [-0.05, 0) is 12.3 Å². The van der Waals surface area contributed by atoms with Gasteiger partial charge in [0.05, 0.1) is 17.8 Å². The molecule has 8 heteroatoms. The van der Waals surface area contributed by atoms with E-state index in [0.717, 1.165) is 19.3 Å². The average molecular weight is 360 g/mol. The highest BCUT2D eigenvalue weighted by Gasteiger charge is 2.56. The van der Waals surface area contributed by atoms with Crippen molar-refractivity contribution in [2.24, 2.45) is 23.7 Å². The number of alkyl halides is 3. The van der Waals surface area contributed by atoms with Gasteiger partial charge in [-0.3, -0.25) is 19.3 Å². The maximum atomic E-state index is 12.7. The maximum absolute atomic E-state index is 12.7. The van der Waals surface area contributed by atoms with Gasteiger partial charge in [-0.2, -0.15) is 13.2 Å². The second-order valence-electron chi connectivity index (χ2n) is 6.70. The van der Waals surface area contributed by atoms with Crippen molar-refractivity contribution in [3.05, 3.63) is 12.2 Å². The predicted molar refractivity (Wildman–Crippen MR) is 84.1 cm³/mol. The van der Waals surface area contributed by atoms with Crippen molar-refractivity contribution in [1.82, 2.24) is 10.2 Å². The van der Waals surface area contributed by atoms with Crippen LogP contribution < -0.4 is 5.32 Å². The van der Waals surface area contributed by atoms with E-state index in [9.17, 15) is 27.6 Å². The highest BCUT2D eigenvalue weighted by Crippen LogP contribution is 2.41. The molecule has 1 heterocycles. The lowest BCUT2D eigenvalue weighted by Crippen LogP contribution is -2.45. The molecule has 0 saturated carbocycles. The zero-order valence-electron chi connectivity index (χ0n) is 14.3. The van der Waals surface area contributed by atoms with Crippen LogP contribution in [0.3, 0.4) is 0 Å². The summed E-state index contributed by atoms with van der Waals surface area (Å²) >= 11 is 0. The Morgan fingerprint density at radius 1 is 1.20 bits per heavy atom. The number of carbonyl (C=O) groups excluding carboxylic acids is 3. The first-order valence-electron chi connectivity index (χ1n) is 8.55. The summed E-state index contributed by atoms with van der Waals surface area (Å²) < 4.78 is 38.0. The van der Waals surface area contributed by atoms with E-state index < -0.39 is 42.3 Å². The fourth-order valence-corrected chi connectivity index (χ4v) is 3.54. The van der Waals surface area contributed by atoms with Gasteiger partial charge >= 0.3 is 6.18 Å². The van der Waals surface area contributed by atoms with Gasteiger partial charge in [0.1, 0.15) is 6.54 Å². The Morgan fingerprint density at radius 3 is 2.48 bits per heavy atom. The van der Waals surface area contributed by atoms with Crippen LogP contribution in [0.25, 0.3) is 0 Å². The Hall–Kier alpha value is -1.86. The van der Waals surface area contributed by atoms with E-state index in [1.807, 2.05) is 6.92 Å². The molecular weight excluding hydrogens is 337 g/mol. The molecule has 1 aliphatic heterocycles. The fourth-order valence-electron chi connectivity index (χ4n) is 3.54. The van der Waals surface area contributed by atoms with E-state index in [2.05, 4.69) is 5.32 Å². The van der Waals surface area contributed by atoms with Crippen LogP contribution in [0.1, 0.15) is 33.1 Å². The minimum absolute atomic E-state index is 0.245. The van der Waals surface area contributed by atoms with Crippen LogP contribution in [-0.4, -0.2) is 41.9 Å². The molecule has 25 heavy (non-hydrogen) atoms. The van der Waals surface area contributed by atoms with E-state index >= 15 is 0 Å². The van der Waals surface area contributed by atoms with Crippen LogP contribution in [0.15, 0.2) is 12.2 Å². The standard InChI is InChI=1S/C17H23F3N2O3/c1-3-4-5-8-21-14(23)12-10(2)6-7-11-13(12)16(25)22(15(11)24)9-17(18,19)20/h6-7,10-13H,3-5,8-9H2,1-2H3,(H,21,23). The van der Waals surface area contributed by atoms with Crippen molar-refractivity contribution in [3.8, 4) is 0 Å². The summed E-state index contributed by atoms with van der Waals surface area (Å²) in [5.74, 6) is -5.35. The number of carbonyl (C=O) groups is 3. The molecule has 1 aliphatic carbocycles. The van der Waals surface area contributed by atoms with Crippen molar-refractivity contribution in [1.29, 1.82) is 0 Å². The minimum Gasteiger partial charge on any atom is -0.356 e. The highest BCUT2D eigenvalue weighted by molar-refractivity contribution is 6.08. The molecule has 1 saturated heterocycles. The second-order valence-corrected chi connectivity index (χ2v) is 6.70. The summed E-state index contributed by atoms with van der Waals surface area (Å²) in [5, 5.41) is 2.75. The lowest BCUT2D eigenvalue weighted by Gasteiger charge is -2.30. The monoisotopic (exact) mass is 360 g/mol. The molecule has 0 spiro atoms. The van der Waals surface area contributed by atoms with Crippen LogP contribution in [0.2, 0.25) is 0 Å². The lowest BCUT2D eigenvalue weighted by molar-refractivity contribution is -0.166. The molecular formula is C17H23F3N2O3. The fraction of sp³-hybridized carbons (Fsp3) is 0.706. The number of likely N-dealkylation sites (tertiary alicyclic amines) is 1. The summed E-state index contributed by atoms with van der Waals surface area (Å²) in [5.41, 5.74) is 0. The van der Waals surface area contributed by atoms with Crippen LogP contribution in [0, 0.1) is 23.7 Å². The number of nitrogens with one attached hydrogen (secondary N) is 1. The quantitative estimate of drug-likeness (QED) is 0.449. The molecule has 1 N–H and O–H groups in total. The molecule has 4 atom stereocenters. The van der Waals surface area contributed by atoms with Crippen molar-refractivity contribution in [2.75, 3.05) is 13.1 Å². The zero-order chi connectivity index (χ0) is 18.8. The number of rotatable bonds is 6. The Balaban J connectivity index is 2.16. The van der Waals surface area contributed by atoms with Crippen LogP contribution in [0.5, 0.6) is 0 Å². The third-order valence-electron chi connectivity index (χ3n) is 4.78. The average Bonchev–Trinajstić information content (AvgIpc) is 2.75. The molecule has 0 aromatic heterocycles. The van der Waals surface area contributed by atoms with Gasteiger partial charge in [-0.25, -0.2) is 0 Å². The second kappa shape index (κ2) is 7.58. The number of allylic oxidation sites excluding steroid dienone is 1. The van der Waals surface area contributed by atoms with Crippen molar-refractivity contribution in [3.63, 3.8) is 0 Å². The minimum atomic E-state index is -4.66. The Morgan fingerprint density at radius 2 is 1.88 bits per heavy atom. The summed E-state index contributed by atoms with van der Waals surface area (Å²) in [6, 6.07) is 0. The number of hydrogen-bond acceptors (Lipinski definition) is 3. The largest absolute Gasteiger partial charge is 0.406 e. The molecule has 0 aromatic carbocycles. The number of hydrogen-bond donors (Lipinski definition) is 1. The van der Waals surface area contributed by atoms with Crippen molar-refractivity contribution in [2.45, 2.75) is 39.3 Å². The highest BCUT2D eigenvalue weighted by atomic mass is 19.4. The molecule has 2 aliphatic rings. The number of imide groups is 1. The molecule has 4 unspecified atom stereocenters. The summed E-state index contributed by atoms with van der Waals surface area (Å²) in [6.07, 6.45) is 1.17. The molecule has 1 fully saturated rings. The molecule has 3 amide bonds. The number of nitrogens with zero attached hydrogens (tertiary/aromatic N) is 1. The van der Waals surface area contributed by atoms with Gasteiger partial charge < -0.3 is 5.32 Å². The Labute approximate surface area is 144 Å². The topological polar surface area (TPSA) is 66.5 Å². The first-order chi connectivity index (χ1) is 11.7. The molecule has 0 bridgehead atoms. The van der Waals surface area contributed by atoms with Crippen molar-refractivity contribution < 1.29 is 27.6 Å². The van der Waals surface area contributed by atoms with E-state index in [-0.39, 0.29) is 16.7 Å². The van der Waals surface area contributed by atoms with Gasteiger partial charge in [-0.15, -0.1) is 0 Å². The van der Waals surface area contributed by atoms with Crippen LogP contribution >= 0.6 is 0 Å².